The normalized spacial score (nSPS) is 9.47. The van der Waals surface area contributed by atoms with E-state index in [1.54, 1.807) is 0 Å². The number of carbonyl (C=O) groups excluding carboxylic acids is 1. The molecule has 0 atom stereocenters. The van der Waals surface area contributed by atoms with Gasteiger partial charge in [-0.3, -0.25) is 4.79 Å². The molecule has 1 aromatic rings. The standard InChI is InChI=1S/C12H15NO3S/c1-15-12(17)13-8-7-11(14)16-9-10-5-3-2-4-6-10/h2-6H,7-9H2,1H3,(H,13,17). The molecular weight excluding hydrogens is 238 g/mol. The number of hydrogen-bond donors (Lipinski definition) is 1. The maximum Gasteiger partial charge on any atom is 0.307 e. The first-order valence-electron chi connectivity index (χ1n) is 5.23. The van der Waals surface area contributed by atoms with Crippen LogP contribution in [-0.4, -0.2) is 24.8 Å². The Morgan fingerprint density at radius 2 is 2.06 bits per heavy atom. The second-order valence-corrected chi connectivity index (χ2v) is 3.69. The predicted molar refractivity (Wildman–Crippen MR) is 68.5 cm³/mol. The topological polar surface area (TPSA) is 47.6 Å². The molecule has 0 saturated heterocycles. The summed E-state index contributed by atoms with van der Waals surface area (Å²) in [6.45, 7) is 0.717. The van der Waals surface area contributed by atoms with Crippen molar-refractivity contribution in [1.82, 2.24) is 5.32 Å². The smallest absolute Gasteiger partial charge is 0.307 e. The second kappa shape index (κ2) is 7.62. The third-order valence-corrected chi connectivity index (χ3v) is 2.34. The van der Waals surface area contributed by atoms with Crippen LogP contribution in [-0.2, 0) is 20.9 Å². The number of ether oxygens (including phenoxy) is 2. The molecule has 0 amide bonds. The van der Waals surface area contributed by atoms with E-state index in [0.29, 0.717) is 13.2 Å². The number of rotatable bonds is 5. The van der Waals surface area contributed by atoms with Gasteiger partial charge in [-0.1, -0.05) is 30.3 Å². The lowest BCUT2D eigenvalue weighted by Gasteiger charge is -2.06. The zero-order valence-electron chi connectivity index (χ0n) is 9.64. The Morgan fingerprint density at radius 3 is 2.71 bits per heavy atom. The van der Waals surface area contributed by atoms with Crippen LogP contribution in [0, 0.1) is 0 Å². The Balaban J connectivity index is 2.16. The van der Waals surface area contributed by atoms with Crippen LogP contribution in [0.15, 0.2) is 30.3 Å². The van der Waals surface area contributed by atoms with Crippen LogP contribution < -0.4 is 5.32 Å². The van der Waals surface area contributed by atoms with Gasteiger partial charge in [-0.25, -0.2) is 0 Å². The van der Waals surface area contributed by atoms with Crippen LogP contribution in [0.5, 0.6) is 0 Å². The summed E-state index contributed by atoms with van der Waals surface area (Å²) in [4.78, 5) is 11.3. The number of methoxy groups -OCH3 is 1. The lowest BCUT2D eigenvalue weighted by molar-refractivity contribution is -0.144. The number of carbonyl (C=O) groups is 1. The zero-order valence-corrected chi connectivity index (χ0v) is 10.5. The van der Waals surface area contributed by atoms with Gasteiger partial charge in [-0.15, -0.1) is 0 Å². The summed E-state index contributed by atoms with van der Waals surface area (Å²) in [6.07, 6.45) is 0.260. The molecule has 4 nitrogen and oxygen atoms in total. The van der Waals surface area contributed by atoms with Gasteiger partial charge in [0.15, 0.2) is 0 Å². The third kappa shape index (κ3) is 5.87. The van der Waals surface area contributed by atoms with Crippen LogP contribution in [0.25, 0.3) is 0 Å². The number of hydrogen-bond acceptors (Lipinski definition) is 4. The van der Waals surface area contributed by atoms with E-state index >= 15 is 0 Å². The minimum absolute atomic E-state index is 0.260. The highest BCUT2D eigenvalue weighted by molar-refractivity contribution is 7.80. The first-order valence-corrected chi connectivity index (χ1v) is 5.64. The van der Waals surface area contributed by atoms with Crippen LogP contribution in [0.4, 0.5) is 0 Å². The number of benzene rings is 1. The van der Waals surface area contributed by atoms with E-state index in [4.69, 9.17) is 21.7 Å². The van der Waals surface area contributed by atoms with E-state index in [-0.39, 0.29) is 17.6 Å². The van der Waals surface area contributed by atoms with Gasteiger partial charge < -0.3 is 14.8 Å². The van der Waals surface area contributed by atoms with Gasteiger partial charge in [0, 0.05) is 6.54 Å². The fraction of sp³-hybridized carbons (Fsp3) is 0.333. The van der Waals surface area contributed by atoms with E-state index in [2.05, 4.69) is 5.32 Å². The van der Waals surface area contributed by atoms with E-state index < -0.39 is 0 Å². The zero-order chi connectivity index (χ0) is 12.5. The van der Waals surface area contributed by atoms with Crippen molar-refractivity contribution < 1.29 is 14.3 Å². The molecule has 0 aliphatic rings. The Morgan fingerprint density at radius 1 is 1.35 bits per heavy atom. The summed E-state index contributed by atoms with van der Waals surface area (Å²) in [5, 5.41) is 3.05. The maximum absolute atomic E-state index is 11.3. The average molecular weight is 253 g/mol. The van der Waals surface area contributed by atoms with Crippen molar-refractivity contribution in [3.8, 4) is 0 Å². The van der Waals surface area contributed by atoms with Gasteiger partial charge in [-0.2, -0.15) is 0 Å². The highest BCUT2D eigenvalue weighted by atomic mass is 32.1. The molecule has 0 fully saturated rings. The molecule has 0 saturated carbocycles. The predicted octanol–water partition coefficient (Wildman–Crippen LogP) is 1.64. The van der Waals surface area contributed by atoms with Gasteiger partial charge in [0.25, 0.3) is 5.17 Å². The van der Waals surface area contributed by atoms with E-state index in [1.165, 1.54) is 7.11 Å². The van der Waals surface area contributed by atoms with Crippen LogP contribution in [0.3, 0.4) is 0 Å². The molecule has 0 unspecified atom stereocenters. The molecule has 0 spiro atoms. The van der Waals surface area contributed by atoms with Crippen LogP contribution in [0.2, 0.25) is 0 Å². The number of esters is 1. The van der Waals surface area contributed by atoms with Crippen molar-refractivity contribution in [3.05, 3.63) is 35.9 Å². The monoisotopic (exact) mass is 253 g/mol. The Hall–Kier alpha value is -1.62. The van der Waals surface area contributed by atoms with E-state index in [0.717, 1.165) is 5.56 Å². The molecule has 1 N–H and O–H groups in total. The molecule has 0 heterocycles. The van der Waals surface area contributed by atoms with E-state index in [1.807, 2.05) is 30.3 Å². The highest BCUT2D eigenvalue weighted by Crippen LogP contribution is 2.01. The fourth-order valence-electron chi connectivity index (χ4n) is 1.15. The first kappa shape index (κ1) is 13.4. The summed E-state index contributed by atoms with van der Waals surface area (Å²) in [6, 6.07) is 9.54. The molecule has 0 aliphatic heterocycles. The summed E-state index contributed by atoms with van der Waals surface area (Å²) >= 11 is 4.76. The molecule has 0 bridgehead atoms. The van der Waals surface area contributed by atoms with Crippen molar-refractivity contribution >= 4 is 23.4 Å². The molecule has 1 aromatic carbocycles. The maximum atomic E-state index is 11.3. The van der Waals surface area contributed by atoms with Crippen molar-refractivity contribution in [2.75, 3.05) is 13.7 Å². The van der Waals surface area contributed by atoms with Crippen molar-refractivity contribution in [2.24, 2.45) is 0 Å². The minimum atomic E-state index is -0.264. The van der Waals surface area contributed by atoms with Crippen LogP contribution >= 0.6 is 12.2 Å². The van der Waals surface area contributed by atoms with Gasteiger partial charge in [-0.05, 0) is 17.8 Å². The molecule has 0 radical (unpaired) electrons. The Labute approximate surface area is 106 Å². The average Bonchev–Trinajstić information content (AvgIpc) is 2.37. The lowest BCUT2D eigenvalue weighted by atomic mass is 10.2. The summed E-state index contributed by atoms with van der Waals surface area (Å²) in [7, 11) is 1.48. The molecule has 0 aromatic heterocycles. The fourth-order valence-corrected chi connectivity index (χ4v) is 1.25. The van der Waals surface area contributed by atoms with Gasteiger partial charge in [0.1, 0.15) is 6.61 Å². The van der Waals surface area contributed by atoms with Crippen molar-refractivity contribution in [3.63, 3.8) is 0 Å². The Kier molecular flexibility index (Phi) is 6.03. The molecule has 0 aliphatic carbocycles. The molecule has 17 heavy (non-hydrogen) atoms. The number of nitrogens with one attached hydrogen (secondary N) is 1. The summed E-state index contributed by atoms with van der Waals surface area (Å²) in [5.41, 5.74) is 0.973. The largest absolute Gasteiger partial charge is 0.474 e. The van der Waals surface area contributed by atoms with Gasteiger partial charge in [0.2, 0.25) is 0 Å². The third-order valence-electron chi connectivity index (χ3n) is 2.03. The number of thiocarbonyl (C=S) groups is 1. The molecule has 92 valence electrons. The van der Waals surface area contributed by atoms with Gasteiger partial charge >= 0.3 is 5.97 Å². The highest BCUT2D eigenvalue weighted by Gasteiger charge is 2.03. The molecule has 1 rings (SSSR count). The second-order valence-electron chi connectivity index (χ2n) is 3.31. The summed E-state index contributed by atoms with van der Waals surface area (Å²) < 4.78 is 9.81. The van der Waals surface area contributed by atoms with Gasteiger partial charge in [0.05, 0.1) is 13.5 Å². The Bertz CT molecular complexity index is 367. The quantitative estimate of drug-likeness (QED) is 0.638. The van der Waals surface area contributed by atoms with Crippen molar-refractivity contribution in [2.45, 2.75) is 13.0 Å². The minimum Gasteiger partial charge on any atom is -0.474 e. The lowest BCUT2D eigenvalue weighted by Crippen LogP contribution is -2.25. The molecular formula is C12H15NO3S. The van der Waals surface area contributed by atoms with E-state index in [9.17, 15) is 4.79 Å². The summed E-state index contributed by atoms with van der Waals surface area (Å²) in [5.74, 6) is -0.264. The SMILES string of the molecule is COC(=S)NCCC(=O)OCc1ccccc1. The van der Waals surface area contributed by atoms with Crippen molar-refractivity contribution in [1.29, 1.82) is 0 Å². The first-order chi connectivity index (χ1) is 8.22. The van der Waals surface area contributed by atoms with Crippen LogP contribution in [0.1, 0.15) is 12.0 Å². The molecule has 5 heteroatoms.